The van der Waals surface area contributed by atoms with E-state index < -0.39 is 0 Å². The molecule has 0 aliphatic rings. The van der Waals surface area contributed by atoms with Crippen molar-refractivity contribution in [3.8, 4) is 11.4 Å². The molecule has 0 unspecified atom stereocenters. The molecule has 0 aliphatic carbocycles. The summed E-state index contributed by atoms with van der Waals surface area (Å²) >= 11 is 0. The van der Waals surface area contributed by atoms with Crippen molar-refractivity contribution in [1.29, 1.82) is 0 Å². The number of nitrogens with two attached hydrogens (primary N) is 1. The minimum Gasteiger partial charge on any atom is -0.339 e. The maximum absolute atomic E-state index is 12.0. The van der Waals surface area contributed by atoms with Gasteiger partial charge in [0.25, 0.3) is 5.56 Å². The number of nitrogens with zero attached hydrogens (tertiary/aromatic N) is 3. The SMILES string of the molecule is Cc1nc(C)c(Cc2nc(-c3ccc(CN)cc3)no2)c(=O)[nH]1.Cl. The first kappa shape index (κ1) is 17.8. The maximum Gasteiger partial charge on any atom is 0.254 e. The second-order valence-corrected chi connectivity index (χ2v) is 5.30. The molecule has 1 aromatic carbocycles. The molecule has 0 saturated heterocycles. The maximum atomic E-state index is 12.0. The quantitative estimate of drug-likeness (QED) is 0.745. The van der Waals surface area contributed by atoms with Crippen LogP contribution >= 0.6 is 12.4 Å². The van der Waals surface area contributed by atoms with Crippen molar-refractivity contribution in [2.75, 3.05) is 0 Å². The average molecular weight is 348 g/mol. The van der Waals surface area contributed by atoms with Crippen LogP contribution in [0, 0.1) is 13.8 Å². The Morgan fingerprint density at radius 3 is 2.50 bits per heavy atom. The van der Waals surface area contributed by atoms with Crippen LogP contribution in [0.5, 0.6) is 0 Å². The van der Waals surface area contributed by atoms with E-state index in [4.69, 9.17) is 10.3 Å². The summed E-state index contributed by atoms with van der Waals surface area (Å²) in [5.41, 5.74) is 8.47. The summed E-state index contributed by atoms with van der Waals surface area (Å²) in [5.74, 6) is 1.45. The van der Waals surface area contributed by atoms with E-state index in [2.05, 4.69) is 20.1 Å². The van der Waals surface area contributed by atoms with E-state index in [1.165, 1.54) is 0 Å². The molecule has 24 heavy (non-hydrogen) atoms. The molecule has 0 aliphatic heterocycles. The highest BCUT2D eigenvalue weighted by molar-refractivity contribution is 5.85. The lowest BCUT2D eigenvalue weighted by atomic mass is 10.1. The third kappa shape index (κ3) is 3.69. The van der Waals surface area contributed by atoms with Crippen molar-refractivity contribution in [1.82, 2.24) is 20.1 Å². The van der Waals surface area contributed by atoms with Gasteiger partial charge in [0, 0.05) is 23.4 Å². The fourth-order valence-corrected chi connectivity index (χ4v) is 2.34. The second kappa shape index (κ2) is 7.37. The van der Waals surface area contributed by atoms with Crippen LogP contribution in [-0.2, 0) is 13.0 Å². The number of hydrogen-bond acceptors (Lipinski definition) is 6. The normalized spacial score (nSPS) is 10.5. The van der Waals surface area contributed by atoms with Gasteiger partial charge >= 0.3 is 0 Å². The monoisotopic (exact) mass is 347 g/mol. The number of H-pyrrole nitrogens is 1. The van der Waals surface area contributed by atoms with E-state index >= 15 is 0 Å². The molecule has 3 N–H and O–H groups in total. The van der Waals surface area contributed by atoms with Crippen LogP contribution in [-0.4, -0.2) is 20.1 Å². The molecule has 2 aromatic heterocycles. The summed E-state index contributed by atoms with van der Waals surface area (Å²) in [6, 6.07) is 7.62. The number of aryl methyl sites for hydroxylation is 2. The van der Waals surface area contributed by atoms with E-state index in [-0.39, 0.29) is 24.4 Å². The Morgan fingerprint density at radius 2 is 1.88 bits per heavy atom. The third-order valence-corrected chi connectivity index (χ3v) is 3.58. The summed E-state index contributed by atoms with van der Waals surface area (Å²) in [6.07, 6.45) is 0.252. The topological polar surface area (TPSA) is 111 Å². The minimum atomic E-state index is -0.179. The molecule has 8 heteroatoms. The fraction of sp³-hybridized carbons (Fsp3) is 0.250. The molecule has 2 heterocycles. The number of halogens is 1. The van der Waals surface area contributed by atoms with E-state index in [0.29, 0.717) is 35.3 Å². The average Bonchev–Trinajstić information content (AvgIpc) is 2.99. The minimum absolute atomic E-state index is 0. The first-order chi connectivity index (χ1) is 11.1. The number of aromatic amines is 1. The number of benzene rings is 1. The number of hydrogen-bond donors (Lipinski definition) is 2. The van der Waals surface area contributed by atoms with Gasteiger partial charge in [-0.2, -0.15) is 4.98 Å². The Hall–Kier alpha value is -2.51. The molecule has 0 bridgehead atoms. The van der Waals surface area contributed by atoms with Gasteiger partial charge < -0.3 is 15.2 Å². The van der Waals surface area contributed by atoms with Crippen LogP contribution in [0.3, 0.4) is 0 Å². The van der Waals surface area contributed by atoms with Gasteiger partial charge in [-0.05, 0) is 19.4 Å². The van der Waals surface area contributed by atoms with Crippen LogP contribution in [0.25, 0.3) is 11.4 Å². The molecule has 0 radical (unpaired) electrons. The van der Waals surface area contributed by atoms with Gasteiger partial charge in [-0.25, -0.2) is 4.98 Å². The second-order valence-electron chi connectivity index (χ2n) is 5.30. The van der Waals surface area contributed by atoms with Gasteiger partial charge in [0.15, 0.2) is 0 Å². The summed E-state index contributed by atoms with van der Waals surface area (Å²) in [4.78, 5) is 23.3. The molecule has 0 atom stereocenters. The van der Waals surface area contributed by atoms with Gasteiger partial charge in [0.05, 0.1) is 6.42 Å². The molecule has 126 valence electrons. The van der Waals surface area contributed by atoms with Crippen molar-refractivity contribution in [3.05, 3.63) is 63.2 Å². The van der Waals surface area contributed by atoms with Gasteiger partial charge in [0.1, 0.15) is 5.82 Å². The molecule has 3 rings (SSSR count). The Labute approximate surface area is 144 Å². The molecule has 0 spiro atoms. The summed E-state index contributed by atoms with van der Waals surface area (Å²) in [5, 5.41) is 3.96. The van der Waals surface area contributed by atoms with Crippen molar-refractivity contribution in [2.24, 2.45) is 5.73 Å². The predicted octanol–water partition coefficient (Wildman–Crippen LogP) is 1.91. The van der Waals surface area contributed by atoms with E-state index in [1.807, 2.05) is 24.3 Å². The first-order valence-corrected chi connectivity index (χ1v) is 7.25. The van der Waals surface area contributed by atoms with Crippen molar-refractivity contribution < 1.29 is 4.52 Å². The molecular formula is C16H18ClN5O2. The largest absolute Gasteiger partial charge is 0.339 e. The standard InChI is InChI=1S/C16H17N5O2.ClH/c1-9-13(16(22)19-10(2)18-9)7-14-20-15(21-23-14)12-5-3-11(8-17)4-6-12;/h3-6H,7-8,17H2,1-2H3,(H,18,19,22);1H. The van der Waals surface area contributed by atoms with Crippen LogP contribution in [0.1, 0.15) is 28.5 Å². The smallest absolute Gasteiger partial charge is 0.254 e. The molecule has 0 saturated carbocycles. The van der Waals surface area contributed by atoms with Gasteiger partial charge in [-0.1, -0.05) is 29.4 Å². The molecule has 3 aromatic rings. The molecular weight excluding hydrogens is 330 g/mol. The molecule has 7 nitrogen and oxygen atoms in total. The van der Waals surface area contributed by atoms with Crippen LogP contribution < -0.4 is 11.3 Å². The lowest BCUT2D eigenvalue weighted by Crippen LogP contribution is -2.18. The van der Waals surface area contributed by atoms with Gasteiger partial charge in [0.2, 0.25) is 11.7 Å². The van der Waals surface area contributed by atoms with Crippen molar-refractivity contribution in [3.63, 3.8) is 0 Å². The van der Waals surface area contributed by atoms with Gasteiger partial charge in [-0.15, -0.1) is 12.4 Å². The van der Waals surface area contributed by atoms with Crippen LogP contribution in [0.15, 0.2) is 33.6 Å². The lowest BCUT2D eigenvalue weighted by molar-refractivity contribution is 0.385. The third-order valence-electron chi connectivity index (χ3n) is 3.58. The lowest BCUT2D eigenvalue weighted by Gasteiger charge is -2.01. The summed E-state index contributed by atoms with van der Waals surface area (Å²) < 4.78 is 5.25. The van der Waals surface area contributed by atoms with Crippen molar-refractivity contribution in [2.45, 2.75) is 26.8 Å². The highest BCUT2D eigenvalue weighted by Gasteiger charge is 2.14. The fourth-order valence-electron chi connectivity index (χ4n) is 2.34. The summed E-state index contributed by atoms with van der Waals surface area (Å²) in [7, 11) is 0. The Bertz CT molecular complexity index is 886. The zero-order valence-corrected chi connectivity index (χ0v) is 14.2. The number of rotatable bonds is 4. The highest BCUT2D eigenvalue weighted by Crippen LogP contribution is 2.17. The van der Waals surface area contributed by atoms with Crippen LogP contribution in [0.4, 0.5) is 0 Å². The van der Waals surface area contributed by atoms with E-state index in [1.54, 1.807) is 13.8 Å². The van der Waals surface area contributed by atoms with E-state index in [0.717, 1.165) is 11.1 Å². The van der Waals surface area contributed by atoms with Gasteiger partial charge in [-0.3, -0.25) is 4.79 Å². The van der Waals surface area contributed by atoms with Crippen LogP contribution in [0.2, 0.25) is 0 Å². The van der Waals surface area contributed by atoms with E-state index in [9.17, 15) is 4.79 Å². The zero-order chi connectivity index (χ0) is 16.4. The predicted molar refractivity (Wildman–Crippen MR) is 92.0 cm³/mol. The zero-order valence-electron chi connectivity index (χ0n) is 13.4. The number of aromatic nitrogens is 4. The highest BCUT2D eigenvalue weighted by atomic mass is 35.5. The molecule has 0 fully saturated rings. The first-order valence-electron chi connectivity index (χ1n) is 7.25. The summed E-state index contributed by atoms with van der Waals surface area (Å²) in [6.45, 7) is 4.02. The van der Waals surface area contributed by atoms with Crippen molar-refractivity contribution >= 4 is 12.4 Å². The molecule has 0 amide bonds. The Morgan fingerprint density at radius 1 is 1.17 bits per heavy atom. The Kier molecular flexibility index (Phi) is 5.48. The number of nitrogens with one attached hydrogen (secondary N) is 1. The Balaban J connectivity index is 0.00000208.